The summed E-state index contributed by atoms with van der Waals surface area (Å²) < 4.78 is 5.63. The monoisotopic (exact) mass is 457 g/mol. The molecule has 9 nitrogen and oxygen atoms in total. The predicted octanol–water partition coefficient (Wildman–Crippen LogP) is 4.04. The van der Waals surface area contributed by atoms with Gasteiger partial charge >= 0.3 is 5.97 Å². The molecule has 0 fully saturated rings. The highest BCUT2D eigenvalue weighted by Crippen LogP contribution is 2.36. The smallest absolute Gasteiger partial charge is 0.335 e. The number of anilines is 1. The second-order valence-corrected chi connectivity index (χ2v) is 7.28. The third-order valence-corrected chi connectivity index (χ3v) is 4.82. The van der Waals surface area contributed by atoms with Gasteiger partial charge in [0, 0.05) is 21.7 Å². The molecule has 1 heterocycles. The Morgan fingerprint density at radius 1 is 1.13 bits per heavy atom. The van der Waals surface area contributed by atoms with Gasteiger partial charge in [0.05, 0.1) is 10.6 Å². The lowest BCUT2D eigenvalue weighted by atomic mass is 10.1. The first-order valence-corrected chi connectivity index (χ1v) is 9.59. The van der Waals surface area contributed by atoms with E-state index in [1.807, 2.05) is 0 Å². The molecule has 1 aromatic heterocycles. The number of hydrogen-bond acceptors (Lipinski definition) is 6. The summed E-state index contributed by atoms with van der Waals surface area (Å²) in [6, 6.07) is 12.8. The van der Waals surface area contributed by atoms with Gasteiger partial charge in [-0.25, -0.2) is 9.89 Å². The van der Waals surface area contributed by atoms with Gasteiger partial charge in [0.1, 0.15) is 5.75 Å². The number of amides is 1. The number of carbonyl (C=O) groups excluding carboxylic acids is 1. The van der Waals surface area contributed by atoms with Crippen molar-refractivity contribution >= 4 is 51.5 Å². The summed E-state index contributed by atoms with van der Waals surface area (Å²) in [5.74, 6) is -0.983. The molecule has 0 bridgehead atoms. The number of carboxylic acids is 1. The number of carboxylic acid groups (broad SMARTS) is 1. The lowest BCUT2D eigenvalue weighted by molar-refractivity contribution is -0.118. The van der Waals surface area contributed by atoms with Crippen molar-refractivity contribution in [3.8, 4) is 17.1 Å². The number of ether oxygens (including phenoxy) is 1. The fourth-order valence-electron chi connectivity index (χ4n) is 2.99. The van der Waals surface area contributed by atoms with Crippen LogP contribution in [0.15, 0.2) is 48.5 Å². The molecule has 0 aliphatic carbocycles. The molecule has 0 spiro atoms. The number of halogens is 2. The average Bonchev–Trinajstić information content (AvgIpc) is 3.26. The van der Waals surface area contributed by atoms with Crippen molar-refractivity contribution in [2.45, 2.75) is 0 Å². The van der Waals surface area contributed by atoms with Crippen molar-refractivity contribution in [2.75, 3.05) is 11.9 Å². The second-order valence-electron chi connectivity index (χ2n) is 6.43. The van der Waals surface area contributed by atoms with Gasteiger partial charge < -0.3 is 15.2 Å². The quantitative estimate of drug-likeness (QED) is 0.398. The van der Waals surface area contributed by atoms with Crippen LogP contribution in [-0.4, -0.2) is 44.2 Å². The van der Waals surface area contributed by atoms with Crippen LogP contribution in [0.4, 0.5) is 5.69 Å². The number of carbonyl (C=O) groups is 2. The van der Waals surface area contributed by atoms with Gasteiger partial charge in [-0.2, -0.15) is 0 Å². The Labute approximate surface area is 184 Å². The lowest BCUT2D eigenvalue weighted by Gasteiger charge is -2.13. The van der Waals surface area contributed by atoms with Crippen molar-refractivity contribution in [1.29, 1.82) is 0 Å². The predicted molar refractivity (Wildman–Crippen MR) is 115 cm³/mol. The molecule has 3 N–H and O–H groups in total. The first-order chi connectivity index (χ1) is 14.9. The number of aromatic amines is 1. The summed E-state index contributed by atoms with van der Waals surface area (Å²) in [6.45, 7) is -0.370. The highest BCUT2D eigenvalue weighted by molar-refractivity contribution is 6.39. The number of H-pyrrole nitrogens is 1. The molecule has 0 unspecified atom stereocenters. The van der Waals surface area contributed by atoms with Crippen LogP contribution in [0.2, 0.25) is 10.0 Å². The van der Waals surface area contributed by atoms with Crippen LogP contribution in [0.3, 0.4) is 0 Å². The van der Waals surface area contributed by atoms with Crippen molar-refractivity contribution in [1.82, 2.24) is 20.6 Å². The standard InChI is InChI=1S/C20H13Cl2N5O4/c21-13-5-11-4-12(20(29)30)7-16(18(11)15(22)8-13)31-9-17(28)23-14-3-1-2-10(6-14)19-24-26-27-25-19/h1-8H,9H2,(H,23,28)(H,29,30)(H,24,25,26,27). The van der Waals surface area contributed by atoms with Crippen molar-refractivity contribution in [3.05, 3.63) is 64.1 Å². The first-order valence-electron chi connectivity index (χ1n) is 8.83. The fraction of sp³-hybridized carbons (Fsp3) is 0.0500. The number of benzene rings is 3. The maximum Gasteiger partial charge on any atom is 0.335 e. The number of rotatable bonds is 6. The van der Waals surface area contributed by atoms with E-state index in [-0.39, 0.29) is 22.9 Å². The third-order valence-electron chi connectivity index (χ3n) is 4.30. The van der Waals surface area contributed by atoms with Crippen LogP contribution >= 0.6 is 23.2 Å². The molecule has 4 aromatic rings. The Morgan fingerprint density at radius 2 is 1.97 bits per heavy atom. The molecule has 0 saturated carbocycles. The van der Waals surface area contributed by atoms with Crippen LogP contribution in [0.5, 0.6) is 5.75 Å². The second kappa shape index (κ2) is 8.58. The zero-order valence-corrected chi connectivity index (χ0v) is 17.1. The zero-order valence-electron chi connectivity index (χ0n) is 15.6. The minimum Gasteiger partial charge on any atom is -0.483 e. The number of fused-ring (bicyclic) bond motifs is 1. The van der Waals surface area contributed by atoms with Gasteiger partial charge in [0.15, 0.2) is 12.4 Å². The number of tetrazole rings is 1. The first kappa shape index (κ1) is 20.6. The van der Waals surface area contributed by atoms with Gasteiger partial charge in [-0.3, -0.25) is 4.79 Å². The molecule has 3 aromatic carbocycles. The Kier molecular flexibility index (Phi) is 5.70. The summed E-state index contributed by atoms with van der Waals surface area (Å²) in [7, 11) is 0. The topological polar surface area (TPSA) is 130 Å². The van der Waals surface area contributed by atoms with E-state index in [0.29, 0.717) is 32.9 Å². The van der Waals surface area contributed by atoms with E-state index in [9.17, 15) is 14.7 Å². The molecular weight excluding hydrogens is 445 g/mol. The SMILES string of the molecule is O=C(COc1cc(C(=O)O)cc2cc(Cl)cc(Cl)c12)Nc1cccc(-c2nnn[nH]2)c1. The van der Waals surface area contributed by atoms with E-state index in [1.54, 1.807) is 30.3 Å². The fourth-order valence-corrected chi connectivity index (χ4v) is 3.60. The lowest BCUT2D eigenvalue weighted by Crippen LogP contribution is -2.20. The van der Waals surface area contributed by atoms with Gasteiger partial charge in [-0.1, -0.05) is 35.3 Å². The number of nitrogens with zero attached hydrogens (tertiary/aromatic N) is 3. The van der Waals surface area contributed by atoms with Gasteiger partial charge in [-0.05, 0) is 52.2 Å². The van der Waals surface area contributed by atoms with E-state index in [1.165, 1.54) is 18.2 Å². The van der Waals surface area contributed by atoms with Crippen molar-refractivity contribution < 1.29 is 19.4 Å². The molecule has 0 atom stereocenters. The molecular formula is C20H13Cl2N5O4. The zero-order chi connectivity index (χ0) is 22.0. The summed E-state index contributed by atoms with van der Waals surface area (Å²) in [5, 5.41) is 27.2. The van der Waals surface area contributed by atoms with E-state index < -0.39 is 11.9 Å². The normalized spacial score (nSPS) is 10.8. The van der Waals surface area contributed by atoms with Crippen LogP contribution in [0, 0.1) is 0 Å². The van der Waals surface area contributed by atoms with Crippen molar-refractivity contribution in [3.63, 3.8) is 0 Å². The van der Waals surface area contributed by atoms with Gasteiger partial charge in [0.25, 0.3) is 5.91 Å². The summed E-state index contributed by atoms with van der Waals surface area (Å²) in [5.41, 5.74) is 1.18. The Balaban J connectivity index is 1.54. The molecule has 31 heavy (non-hydrogen) atoms. The van der Waals surface area contributed by atoms with Crippen LogP contribution in [0.25, 0.3) is 22.2 Å². The minimum atomic E-state index is -1.15. The molecule has 0 radical (unpaired) electrons. The van der Waals surface area contributed by atoms with Crippen LogP contribution in [0.1, 0.15) is 10.4 Å². The Morgan fingerprint density at radius 3 is 2.71 bits per heavy atom. The molecule has 11 heteroatoms. The summed E-state index contributed by atoms with van der Waals surface area (Å²) >= 11 is 12.3. The molecule has 0 saturated heterocycles. The van der Waals surface area contributed by atoms with Crippen LogP contribution in [-0.2, 0) is 4.79 Å². The summed E-state index contributed by atoms with van der Waals surface area (Å²) in [4.78, 5) is 23.9. The molecule has 0 aliphatic rings. The van der Waals surface area contributed by atoms with Gasteiger partial charge in [-0.15, -0.1) is 5.10 Å². The maximum atomic E-state index is 12.4. The van der Waals surface area contributed by atoms with Gasteiger partial charge in [0.2, 0.25) is 0 Å². The summed E-state index contributed by atoms with van der Waals surface area (Å²) in [6.07, 6.45) is 0. The number of nitrogens with one attached hydrogen (secondary N) is 2. The largest absolute Gasteiger partial charge is 0.483 e. The number of aromatic carboxylic acids is 1. The number of hydrogen-bond donors (Lipinski definition) is 3. The van der Waals surface area contributed by atoms with E-state index in [4.69, 9.17) is 27.9 Å². The number of aromatic nitrogens is 4. The van der Waals surface area contributed by atoms with Crippen molar-refractivity contribution in [2.24, 2.45) is 0 Å². The molecule has 4 rings (SSSR count). The molecule has 1 amide bonds. The maximum absolute atomic E-state index is 12.4. The highest BCUT2D eigenvalue weighted by atomic mass is 35.5. The third kappa shape index (κ3) is 4.57. The van der Waals surface area contributed by atoms with E-state index in [2.05, 4.69) is 25.9 Å². The minimum absolute atomic E-state index is 0.0189. The Hall–Kier alpha value is -3.69. The molecule has 156 valence electrons. The van der Waals surface area contributed by atoms with Crippen LogP contribution < -0.4 is 10.1 Å². The Bertz CT molecular complexity index is 1290. The van der Waals surface area contributed by atoms with E-state index in [0.717, 1.165) is 0 Å². The average molecular weight is 458 g/mol. The molecule has 0 aliphatic heterocycles. The highest BCUT2D eigenvalue weighted by Gasteiger charge is 2.15. The van der Waals surface area contributed by atoms with E-state index >= 15 is 0 Å².